The molecular weight excluding hydrogens is 372 g/mol. The monoisotopic (exact) mass is 384 g/mol. The molecule has 0 unspecified atom stereocenters. The Hall–Kier alpha value is -1.44. The van der Waals surface area contributed by atoms with Gasteiger partial charge in [0.15, 0.2) is 0 Å². The predicted octanol–water partition coefficient (Wildman–Crippen LogP) is 3.08. The number of nitrogens with one attached hydrogen (secondary N) is 1. The van der Waals surface area contributed by atoms with Crippen LogP contribution in [0, 0.1) is 0 Å². The number of hydrogen-bond acceptors (Lipinski definition) is 3. The summed E-state index contributed by atoms with van der Waals surface area (Å²) < 4.78 is 27.8. The van der Waals surface area contributed by atoms with Gasteiger partial charge in [0.25, 0.3) is 10.0 Å². The number of anilines is 1. The zero-order valence-corrected chi connectivity index (χ0v) is 14.1. The molecule has 0 saturated carbocycles. The Labute approximate surface area is 137 Å². The molecule has 0 aromatic heterocycles. The van der Waals surface area contributed by atoms with E-state index in [1.54, 1.807) is 36.4 Å². The van der Waals surface area contributed by atoms with Gasteiger partial charge in [0.1, 0.15) is 0 Å². The molecule has 0 heterocycles. The standard InChI is InChI=1S/C14H13BrN2O2S2/c15-11-3-7-13(8-4-11)21(18,19)17-12-5-1-10(2-6-12)9-14(16)20/h1-8,17H,9H2,(H2,16,20). The minimum Gasteiger partial charge on any atom is -0.393 e. The average Bonchev–Trinajstić information content (AvgIpc) is 2.40. The van der Waals surface area contributed by atoms with Gasteiger partial charge in [-0.2, -0.15) is 0 Å². The highest BCUT2D eigenvalue weighted by Gasteiger charge is 2.13. The SMILES string of the molecule is NC(=S)Cc1ccc(NS(=O)(=O)c2ccc(Br)cc2)cc1. The molecule has 2 rings (SSSR count). The van der Waals surface area contributed by atoms with E-state index in [2.05, 4.69) is 20.7 Å². The summed E-state index contributed by atoms with van der Waals surface area (Å²) in [6.45, 7) is 0. The van der Waals surface area contributed by atoms with Crippen LogP contribution >= 0.6 is 28.1 Å². The molecule has 0 spiro atoms. The maximum Gasteiger partial charge on any atom is 0.261 e. The summed E-state index contributed by atoms with van der Waals surface area (Å²) in [6.07, 6.45) is 0.495. The molecule has 3 N–H and O–H groups in total. The number of benzene rings is 2. The summed E-state index contributed by atoms with van der Waals surface area (Å²) in [5, 5.41) is 0. The topological polar surface area (TPSA) is 72.2 Å². The maximum absolute atomic E-state index is 12.2. The van der Waals surface area contributed by atoms with Crippen LogP contribution in [0.2, 0.25) is 0 Å². The first kappa shape index (κ1) is 15.9. The molecule has 0 aliphatic rings. The number of halogens is 1. The van der Waals surface area contributed by atoms with Gasteiger partial charge in [-0.05, 0) is 42.0 Å². The Morgan fingerprint density at radius 3 is 2.19 bits per heavy atom. The average molecular weight is 385 g/mol. The molecule has 0 saturated heterocycles. The fourth-order valence-electron chi connectivity index (χ4n) is 1.72. The number of hydrogen-bond donors (Lipinski definition) is 2. The summed E-state index contributed by atoms with van der Waals surface area (Å²) in [7, 11) is -3.59. The third kappa shape index (κ3) is 4.52. The van der Waals surface area contributed by atoms with Gasteiger partial charge in [0.05, 0.1) is 9.88 Å². The van der Waals surface area contributed by atoms with E-state index in [4.69, 9.17) is 18.0 Å². The van der Waals surface area contributed by atoms with Crippen molar-refractivity contribution in [2.75, 3.05) is 4.72 Å². The molecule has 0 fully saturated rings. The van der Waals surface area contributed by atoms with Crippen LogP contribution in [0.1, 0.15) is 5.56 Å². The number of thiocarbonyl (C=S) groups is 1. The van der Waals surface area contributed by atoms with Crippen molar-refractivity contribution in [3.8, 4) is 0 Å². The molecule has 0 aliphatic carbocycles. The first-order valence-corrected chi connectivity index (χ1v) is 8.71. The van der Waals surface area contributed by atoms with Gasteiger partial charge in [-0.25, -0.2) is 8.42 Å². The van der Waals surface area contributed by atoms with Crippen LogP contribution in [0.25, 0.3) is 0 Å². The van der Waals surface area contributed by atoms with E-state index >= 15 is 0 Å². The Morgan fingerprint density at radius 1 is 1.10 bits per heavy atom. The second-order valence-electron chi connectivity index (χ2n) is 4.40. The van der Waals surface area contributed by atoms with Gasteiger partial charge in [-0.1, -0.05) is 40.3 Å². The summed E-state index contributed by atoms with van der Waals surface area (Å²) in [6, 6.07) is 13.4. The van der Waals surface area contributed by atoms with E-state index in [9.17, 15) is 8.42 Å². The molecule has 0 radical (unpaired) electrons. The van der Waals surface area contributed by atoms with Crippen molar-refractivity contribution in [2.24, 2.45) is 5.73 Å². The van der Waals surface area contributed by atoms with Crippen LogP contribution in [0.15, 0.2) is 57.9 Å². The van der Waals surface area contributed by atoms with Gasteiger partial charge >= 0.3 is 0 Å². The molecule has 2 aromatic carbocycles. The normalized spacial score (nSPS) is 11.1. The molecule has 110 valence electrons. The molecule has 2 aromatic rings. The second kappa shape index (κ2) is 6.55. The van der Waals surface area contributed by atoms with Gasteiger partial charge in [-0.15, -0.1) is 0 Å². The highest BCUT2D eigenvalue weighted by Crippen LogP contribution is 2.19. The molecule has 0 bridgehead atoms. The van der Waals surface area contributed by atoms with E-state index < -0.39 is 10.0 Å². The Balaban J connectivity index is 2.16. The van der Waals surface area contributed by atoms with Crippen LogP contribution in [0.4, 0.5) is 5.69 Å². The first-order chi connectivity index (χ1) is 9.87. The van der Waals surface area contributed by atoms with Gasteiger partial charge in [0.2, 0.25) is 0 Å². The van der Waals surface area contributed by atoms with Gasteiger partial charge in [0, 0.05) is 16.6 Å². The third-order valence-electron chi connectivity index (χ3n) is 2.71. The molecule has 4 nitrogen and oxygen atoms in total. The summed E-state index contributed by atoms with van der Waals surface area (Å²) in [4.78, 5) is 0.608. The van der Waals surface area contributed by atoms with Crippen LogP contribution in [-0.2, 0) is 16.4 Å². The maximum atomic E-state index is 12.2. The van der Waals surface area contributed by atoms with Crippen molar-refractivity contribution in [3.05, 3.63) is 58.6 Å². The molecular formula is C14H13BrN2O2S2. The van der Waals surface area contributed by atoms with E-state index in [1.165, 1.54) is 12.1 Å². The van der Waals surface area contributed by atoms with E-state index in [-0.39, 0.29) is 4.90 Å². The van der Waals surface area contributed by atoms with Crippen molar-refractivity contribution in [2.45, 2.75) is 11.3 Å². The lowest BCUT2D eigenvalue weighted by Gasteiger charge is -2.09. The Bertz CT molecular complexity index is 742. The fourth-order valence-corrected chi connectivity index (χ4v) is 3.21. The highest BCUT2D eigenvalue weighted by atomic mass is 79.9. The van der Waals surface area contributed by atoms with Crippen LogP contribution in [0.5, 0.6) is 0 Å². The third-order valence-corrected chi connectivity index (χ3v) is 4.78. The minimum absolute atomic E-state index is 0.206. The van der Waals surface area contributed by atoms with Crippen molar-refractivity contribution in [3.63, 3.8) is 0 Å². The number of nitrogens with two attached hydrogens (primary N) is 1. The van der Waals surface area contributed by atoms with Crippen LogP contribution in [0.3, 0.4) is 0 Å². The minimum atomic E-state index is -3.59. The van der Waals surface area contributed by atoms with Crippen molar-refractivity contribution in [1.82, 2.24) is 0 Å². The molecule has 0 amide bonds. The zero-order valence-electron chi connectivity index (χ0n) is 10.9. The number of sulfonamides is 1. The number of rotatable bonds is 5. The summed E-state index contributed by atoms with van der Waals surface area (Å²) in [5.41, 5.74) is 6.90. The quantitative estimate of drug-likeness (QED) is 0.776. The fraction of sp³-hybridized carbons (Fsp3) is 0.0714. The van der Waals surface area contributed by atoms with E-state index in [0.717, 1.165) is 10.0 Å². The first-order valence-electron chi connectivity index (χ1n) is 6.02. The summed E-state index contributed by atoms with van der Waals surface area (Å²) in [5.74, 6) is 0. The van der Waals surface area contributed by atoms with Crippen molar-refractivity contribution in [1.29, 1.82) is 0 Å². The smallest absolute Gasteiger partial charge is 0.261 e. The molecule has 7 heteroatoms. The molecule has 21 heavy (non-hydrogen) atoms. The largest absolute Gasteiger partial charge is 0.393 e. The van der Waals surface area contributed by atoms with Crippen LogP contribution in [-0.4, -0.2) is 13.4 Å². The molecule has 0 aliphatic heterocycles. The zero-order chi connectivity index (χ0) is 15.5. The highest BCUT2D eigenvalue weighted by molar-refractivity contribution is 9.10. The molecule has 0 atom stereocenters. The summed E-state index contributed by atoms with van der Waals surface area (Å²) >= 11 is 8.11. The Kier molecular flexibility index (Phi) is 4.97. The Morgan fingerprint density at radius 2 is 1.67 bits per heavy atom. The van der Waals surface area contributed by atoms with Gasteiger partial charge in [-0.3, -0.25) is 4.72 Å². The van der Waals surface area contributed by atoms with Crippen molar-refractivity contribution < 1.29 is 8.42 Å². The van der Waals surface area contributed by atoms with E-state index in [1.807, 2.05) is 0 Å². The van der Waals surface area contributed by atoms with E-state index in [0.29, 0.717) is 17.1 Å². The van der Waals surface area contributed by atoms with Crippen LogP contribution < -0.4 is 10.5 Å². The lowest BCUT2D eigenvalue weighted by Crippen LogP contribution is -2.13. The lowest BCUT2D eigenvalue weighted by atomic mass is 10.1. The van der Waals surface area contributed by atoms with Gasteiger partial charge < -0.3 is 5.73 Å². The predicted molar refractivity (Wildman–Crippen MR) is 91.9 cm³/mol. The second-order valence-corrected chi connectivity index (χ2v) is 7.52. The lowest BCUT2D eigenvalue weighted by molar-refractivity contribution is 0.601. The van der Waals surface area contributed by atoms with Crippen molar-refractivity contribution >= 4 is 48.8 Å².